The van der Waals surface area contributed by atoms with Crippen LogP contribution < -0.4 is 0 Å². The first-order valence-corrected chi connectivity index (χ1v) is 7.71. The van der Waals surface area contributed by atoms with Crippen LogP contribution in [-0.2, 0) is 19.9 Å². The molecule has 0 fully saturated rings. The van der Waals surface area contributed by atoms with Crippen LogP contribution in [-0.4, -0.2) is 15.7 Å². The Bertz CT molecular complexity index is 534. The average molecular weight is 342 g/mol. The van der Waals surface area contributed by atoms with Crippen molar-refractivity contribution in [2.24, 2.45) is 13.0 Å². The summed E-state index contributed by atoms with van der Waals surface area (Å²) in [5.74, 6) is 1.11. The number of aryl methyl sites for hydroxylation is 2. The second kappa shape index (κ2) is 6.58. The Labute approximate surface area is 127 Å². The summed E-state index contributed by atoms with van der Waals surface area (Å²) in [7, 11) is 1.99. The maximum atomic E-state index is 6.12. The lowest BCUT2D eigenvalue weighted by Crippen LogP contribution is -2.12. The van der Waals surface area contributed by atoms with E-state index in [-0.39, 0.29) is 0 Å². The van der Waals surface area contributed by atoms with E-state index in [9.17, 15) is 0 Å². The summed E-state index contributed by atoms with van der Waals surface area (Å²) in [6.07, 6.45) is 1.97. The average Bonchev–Trinajstić information content (AvgIpc) is 2.69. The van der Waals surface area contributed by atoms with Crippen LogP contribution in [0.25, 0.3) is 0 Å². The summed E-state index contributed by atoms with van der Waals surface area (Å²) in [4.78, 5) is 0. The molecule has 0 radical (unpaired) electrons. The molecule has 2 nitrogen and oxygen atoms in total. The van der Waals surface area contributed by atoms with Crippen molar-refractivity contribution in [2.75, 3.05) is 5.88 Å². The maximum Gasteiger partial charge on any atom is 0.0596 e. The predicted molar refractivity (Wildman–Crippen MR) is 83.7 cm³/mol. The van der Waals surface area contributed by atoms with Crippen LogP contribution in [0.15, 0.2) is 34.8 Å². The largest absolute Gasteiger partial charge is 0.272 e. The zero-order valence-corrected chi connectivity index (χ0v) is 13.6. The Hall–Kier alpha value is -0.800. The minimum Gasteiger partial charge on any atom is -0.272 e. The molecule has 0 bridgehead atoms. The molecule has 0 aliphatic rings. The van der Waals surface area contributed by atoms with Gasteiger partial charge in [0.05, 0.1) is 5.69 Å². The van der Waals surface area contributed by atoms with Crippen molar-refractivity contribution < 1.29 is 0 Å². The molecule has 19 heavy (non-hydrogen) atoms. The number of alkyl halides is 1. The first-order chi connectivity index (χ1) is 9.08. The number of halogens is 2. The van der Waals surface area contributed by atoms with E-state index in [1.165, 1.54) is 11.3 Å². The van der Waals surface area contributed by atoms with E-state index in [2.05, 4.69) is 51.4 Å². The molecular formula is C15H18BrClN2. The molecule has 0 N–H and O–H groups in total. The summed E-state index contributed by atoms with van der Waals surface area (Å²) in [5, 5.41) is 4.38. The third-order valence-corrected chi connectivity index (χ3v) is 4.22. The van der Waals surface area contributed by atoms with Gasteiger partial charge in [0.25, 0.3) is 0 Å². The topological polar surface area (TPSA) is 17.8 Å². The summed E-state index contributed by atoms with van der Waals surface area (Å²) < 4.78 is 3.07. The number of nitrogens with zero attached hydrogens (tertiary/aromatic N) is 2. The molecule has 0 saturated carbocycles. The highest BCUT2D eigenvalue weighted by Crippen LogP contribution is 2.18. The normalized spacial score (nSPS) is 12.6. The van der Waals surface area contributed by atoms with Crippen molar-refractivity contribution in [3.63, 3.8) is 0 Å². The number of rotatable bonds is 5. The van der Waals surface area contributed by atoms with Gasteiger partial charge in [-0.1, -0.05) is 28.1 Å². The minimum absolute atomic E-state index is 0.442. The molecule has 1 unspecified atom stereocenters. The summed E-state index contributed by atoms with van der Waals surface area (Å²) in [6, 6.07) is 10.6. The zero-order valence-electron chi connectivity index (χ0n) is 11.2. The molecule has 1 heterocycles. The van der Waals surface area contributed by atoms with Crippen molar-refractivity contribution in [2.45, 2.75) is 19.8 Å². The van der Waals surface area contributed by atoms with Crippen molar-refractivity contribution in [3.05, 3.63) is 51.8 Å². The van der Waals surface area contributed by atoms with Crippen LogP contribution in [0.2, 0.25) is 0 Å². The third kappa shape index (κ3) is 4.08. The number of hydrogen-bond donors (Lipinski definition) is 0. The van der Waals surface area contributed by atoms with Gasteiger partial charge in [-0.3, -0.25) is 4.68 Å². The van der Waals surface area contributed by atoms with E-state index < -0.39 is 0 Å². The van der Waals surface area contributed by atoms with E-state index >= 15 is 0 Å². The van der Waals surface area contributed by atoms with Gasteiger partial charge in [0.2, 0.25) is 0 Å². The fourth-order valence-electron chi connectivity index (χ4n) is 2.29. The molecule has 1 aromatic heterocycles. The summed E-state index contributed by atoms with van der Waals surface area (Å²) in [5.41, 5.74) is 3.64. The molecule has 0 spiro atoms. The SMILES string of the molecule is Cc1cc(CC(CCl)Cc2ccc(Br)cc2)n(C)n1. The highest BCUT2D eigenvalue weighted by atomic mass is 79.9. The monoisotopic (exact) mass is 340 g/mol. The highest BCUT2D eigenvalue weighted by Gasteiger charge is 2.12. The second-order valence-electron chi connectivity index (χ2n) is 4.96. The molecule has 0 amide bonds. The van der Waals surface area contributed by atoms with Gasteiger partial charge >= 0.3 is 0 Å². The Morgan fingerprint density at radius 2 is 1.95 bits per heavy atom. The first kappa shape index (κ1) is 14.6. The van der Waals surface area contributed by atoms with Gasteiger partial charge in [-0.25, -0.2) is 0 Å². The summed E-state index contributed by atoms with van der Waals surface area (Å²) >= 11 is 9.58. The fraction of sp³-hybridized carbons (Fsp3) is 0.400. The standard InChI is InChI=1S/C15H18BrClN2/c1-11-7-15(19(2)18-11)9-13(10-17)8-12-3-5-14(16)6-4-12/h3-7,13H,8-10H2,1-2H3. The highest BCUT2D eigenvalue weighted by molar-refractivity contribution is 9.10. The molecular weight excluding hydrogens is 324 g/mol. The number of hydrogen-bond acceptors (Lipinski definition) is 1. The maximum absolute atomic E-state index is 6.12. The molecule has 1 atom stereocenters. The van der Waals surface area contributed by atoms with Gasteiger partial charge in [0.15, 0.2) is 0 Å². The van der Waals surface area contributed by atoms with Crippen LogP contribution in [0.3, 0.4) is 0 Å². The first-order valence-electron chi connectivity index (χ1n) is 6.38. The van der Waals surface area contributed by atoms with E-state index in [4.69, 9.17) is 11.6 Å². The van der Waals surface area contributed by atoms with Crippen LogP contribution >= 0.6 is 27.5 Å². The molecule has 102 valence electrons. The van der Waals surface area contributed by atoms with Gasteiger partial charge in [-0.15, -0.1) is 11.6 Å². The lowest BCUT2D eigenvalue weighted by molar-refractivity contribution is 0.551. The quantitative estimate of drug-likeness (QED) is 0.748. The molecule has 1 aromatic carbocycles. The van der Waals surface area contributed by atoms with Crippen LogP contribution in [0, 0.1) is 12.8 Å². The van der Waals surface area contributed by atoms with Gasteiger partial charge in [0, 0.05) is 23.1 Å². The predicted octanol–water partition coefficient (Wildman–Crippen LogP) is 4.13. The van der Waals surface area contributed by atoms with Gasteiger partial charge in [-0.05, 0) is 49.4 Å². The van der Waals surface area contributed by atoms with Crippen molar-refractivity contribution in [1.82, 2.24) is 9.78 Å². The molecule has 0 aliphatic heterocycles. The Kier molecular flexibility index (Phi) is 5.06. The Morgan fingerprint density at radius 1 is 1.26 bits per heavy atom. The van der Waals surface area contributed by atoms with Crippen molar-refractivity contribution in [1.29, 1.82) is 0 Å². The van der Waals surface area contributed by atoms with Gasteiger partial charge in [0.1, 0.15) is 0 Å². The van der Waals surface area contributed by atoms with Crippen LogP contribution in [0.1, 0.15) is 17.0 Å². The van der Waals surface area contributed by atoms with E-state index in [0.29, 0.717) is 11.8 Å². The van der Waals surface area contributed by atoms with Crippen molar-refractivity contribution >= 4 is 27.5 Å². The lowest BCUT2D eigenvalue weighted by atomic mass is 9.96. The lowest BCUT2D eigenvalue weighted by Gasteiger charge is -2.14. The molecule has 2 rings (SSSR count). The van der Waals surface area contributed by atoms with E-state index in [1.807, 2.05) is 18.7 Å². The molecule has 0 saturated heterocycles. The minimum atomic E-state index is 0.442. The Morgan fingerprint density at radius 3 is 2.47 bits per heavy atom. The third-order valence-electron chi connectivity index (χ3n) is 3.25. The van der Waals surface area contributed by atoms with E-state index in [0.717, 1.165) is 23.0 Å². The smallest absolute Gasteiger partial charge is 0.0596 e. The van der Waals surface area contributed by atoms with Crippen molar-refractivity contribution in [3.8, 4) is 0 Å². The number of benzene rings is 1. The summed E-state index contributed by atoms with van der Waals surface area (Å²) in [6.45, 7) is 2.02. The molecule has 2 aromatic rings. The van der Waals surface area contributed by atoms with Crippen LogP contribution in [0.5, 0.6) is 0 Å². The van der Waals surface area contributed by atoms with Gasteiger partial charge in [-0.2, -0.15) is 5.10 Å². The fourth-order valence-corrected chi connectivity index (χ4v) is 2.77. The second-order valence-corrected chi connectivity index (χ2v) is 6.18. The Balaban J connectivity index is 2.04. The number of aromatic nitrogens is 2. The van der Waals surface area contributed by atoms with Gasteiger partial charge < -0.3 is 0 Å². The zero-order chi connectivity index (χ0) is 13.8. The van der Waals surface area contributed by atoms with E-state index in [1.54, 1.807) is 0 Å². The molecule has 4 heteroatoms. The van der Waals surface area contributed by atoms with Crippen LogP contribution in [0.4, 0.5) is 0 Å². The molecule has 0 aliphatic carbocycles.